The molecule has 0 amide bonds. The number of halogens is 1. The van der Waals surface area contributed by atoms with E-state index in [9.17, 15) is 9.50 Å². The van der Waals surface area contributed by atoms with Gasteiger partial charge in [-0.1, -0.05) is 0 Å². The molecule has 14 heavy (non-hydrogen) atoms. The standard InChI is InChI=1S/C9H12FNO3/c1-14-7-3-2-6(13)8(9(7)10)5(11)4-12/h2-3,5,12-13H,4,11H2,1H3. The molecule has 1 aromatic rings. The zero-order valence-corrected chi connectivity index (χ0v) is 7.70. The molecule has 4 N–H and O–H groups in total. The van der Waals surface area contributed by atoms with Crippen molar-refractivity contribution in [3.05, 3.63) is 23.5 Å². The van der Waals surface area contributed by atoms with Crippen molar-refractivity contribution in [1.82, 2.24) is 0 Å². The summed E-state index contributed by atoms with van der Waals surface area (Å²) in [5.41, 5.74) is 5.28. The highest BCUT2D eigenvalue weighted by Crippen LogP contribution is 2.31. The van der Waals surface area contributed by atoms with Crippen LogP contribution in [0.4, 0.5) is 4.39 Å². The quantitative estimate of drug-likeness (QED) is 0.666. The van der Waals surface area contributed by atoms with Crippen molar-refractivity contribution < 1.29 is 19.3 Å². The third kappa shape index (κ3) is 1.78. The number of aliphatic hydroxyl groups is 1. The van der Waals surface area contributed by atoms with Gasteiger partial charge in [0.1, 0.15) is 5.75 Å². The number of benzene rings is 1. The lowest BCUT2D eigenvalue weighted by Gasteiger charge is -2.13. The number of methoxy groups -OCH3 is 1. The molecule has 78 valence electrons. The zero-order chi connectivity index (χ0) is 10.7. The highest BCUT2D eigenvalue weighted by Gasteiger charge is 2.18. The molecule has 0 spiro atoms. The number of phenolic OH excluding ortho intramolecular Hbond substituents is 1. The van der Waals surface area contributed by atoms with Crippen LogP contribution in [0.15, 0.2) is 12.1 Å². The highest BCUT2D eigenvalue weighted by molar-refractivity contribution is 5.42. The van der Waals surface area contributed by atoms with Crippen LogP contribution in [0.5, 0.6) is 11.5 Å². The minimum atomic E-state index is -0.954. The summed E-state index contributed by atoms with van der Waals surface area (Å²) in [5.74, 6) is -1.04. The Balaban J connectivity index is 3.25. The Morgan fingerprint density at radius 3 is 2.71 bits per heavy atom. The van der Waals surface area contributed by atoms with Crippen LogP contribution in [0.25, 0.3) is 0 Å². The minimum Gasteiger partial charge on any atom is -0.507 e. The number of rotatable bonds is 3. The van der Waals surface area contributed by atoms with Gasteiger partial charge in [0.15, 0.2) is 11.6 Å². The molecule has 1 atom stereocenters. The molecule has 0 bridgehead atoms. The summed E-state index contributed by atoms with van der Waals surface area (Å²) in [5, 5.41) is 18.1. The molecule has 1 rings (SSSR count). The van der Waals surface area contributed by atoms with Gasteiger partial charge >= 0.3 is 0 Å². The van der Waals surface area contributed by atoms with E-state index in [0.29, 0.717) is 0 Å². The van der Waals surface area contributed by atoms with E-state index in [1.807, 2.05) is 0 Å². The van der Waals surface area contributed by atoms with E-state index in [-0.39, 0.29) is 17.1 Å². The van der Waals surface area contributed by atoms with E-state index >= 15 is 0 Å². The third-order valence-electron chi connectivity index (χ3n) is 1.91. The fourth-order valence-corrected chi connectivity index (χ4v) is 1.16. The minimum absolute atomic E-state index is 0.0123. The Morgan fingerprint density at radius 1 is 1.57 bits per heavy atom. The van der Waals surface area contributed by atoms with Gasteiger partial charge in [0.25, 0.3) is 0 Å². The van der Waals surface area contributed by atoms with Gasteiger partial charge in [0.05, 0.1) is 25.3 Å². The van der Waals surface area contributed by atoms with Gasteiger partial charge in [0, 0.05) is 0 Å². The number of phenols is 1. The Morgan fingerprint density at radius 2 is 2.21 bits per heavy atom. The number of aromatic hydroxyl groups is 1. The maximum absolute atomic E-state index is 13.5. The first kappa shape index (κ1) is 10.7. The van der Waals surface area contributed by atoms with E-state index < -0.39 is 18.5 Å². The fourth-order valence-electron chi connectivity index (χ4n) is 1.16. The second-order valence-electron chi connectivity index (χ2n) is 2.80. The molecule has 0 saturated carbocycles. The van der Waals surface area contributed by atoms with E-state index in [1.165, 1.54) is 19.2 Å². The summed E-state index contributed by atoms with van der Waals surface area (Å²) in [6.45, 7) is -0.447. The van der Waals surface area contributed by atoms with Crippen molar-refractivity contribution in [3.8, 4) is 11.5 Å². The van der Waals surface area contributed by atoms with Gasteiger partial charge in [-0.3, -0.25) is 0 Å². The van der Waals surface area contributed by atoms with Gasteiger partial charge < -0.3 is 20.7 Å². The lowest BCUT2D eigenvalue weighted by molar-refractivity contribution is 0.260. The average Bonchev–Trinajstić information content (AvgIpc) is 2.18. The molecule has 0 fully saturated rings. The molecule has 0 radical (unpaired) electrons. The molecule has 0 saturated heterocycles. The molecule has 0 aromatic heterocycles. The number of aliphatic hydroxyl groups excluding tert-OH is 1. The fraction of sp³-hybridized carbons (Fsp3) is 0.333. The number of nitrogens with two attached hydrogens (primary N) is 1. The van der Waals surface area contributed by atoms with Crippen molar-refractivity contribution in [2.24, 2.45) is 5.73 Å². The van der Waals surface area contributed by atoms with Crippen LogP contribution in [0.3, 0.4) is 0 Å². The van der Waals surface area contributed by atoms with Crippen molar-refractivity contribution in [3.63, 3.8) is 0 Å². The number of ether oxygens (including phenoxy) is 1. The summed E-state index contributed by atoms with van der Waals surface area (Å²) in [7, 11) is 1.31. The zero-order valence-electron chi connectivity index (χ0n) is 7.70. The first-order chi connectivity index (χ1) is 6.61. The van der Waals surface area contributed by atoms with Crippen molar-refractivity contribution in [2.75, 3.05) is 13.7 Å². The van der Waals surface area contributed by atoms with Crippen LogP contribution in [-0.2, 0) is 0 Å². The number of hydrogen-bond donors (Lipinski definition) is 3. The lowest BCUT2D eigenvalue weighted by Crippen LogP contribution is -2.16. The van der Waals surface area contributed by atoms with Crippen molar-refractivity contribution in [1.29, 1.82) is 0 Å². The molecule has 1 unspecified atom stereocenters. The Kier molecular flexibility index (Phi) is 3.27. The van der Waals surface area contributed by atoms with Gasteiger partial charge in [0.2, 0.25) is 0 Å². The van der Waals surface area contributed by atoms with E-state index in [0.717, 1.165) is 0 Å². The van der Waals surface area contributed by atoms with Crippen LogP contribution in [-0.4, -0.2) is 23.9 Å². The van der Waals surface area contributed by atoms with Gasteiger partial charge in [-0.2, -0.15) is 0 Å². The summed E-state index contributed by atoms with van der Waals surface area (Å²) < 4.78 is 18.2. The largest absolute Gasteiger partial charge is 0.507 e. The van der Waals surface area contributed by atoms with Crippen LogP contribution >= 0.6 is 0 Å². The Bertz CT molecular complexity index is 330. The summed E-state index contributed by atoms with van der Waals surface area (Å²) in [6, 6.07) is 1.61. The van der Waals surface area contributed by atoms with Crippen LogP contribution < -0.4 is 10.5 Å². The first-order valence-electron chi connectivity index (χ1n) is 4.03. The van der Waals surface area contributed by atoms with Crippen molar-refractivity contribution >= 4 is 0 Å². The van der Waals surface area contributed by atoms with Crippen LogP contribution in [0.1, 0.15) is 11.6 Å². The molecule has 0 aliphatic carbocycles. The predicted molar refractivity (Wildman–Crippen MR) is 48.6 cm³/mol. The van der Waals surface area contributed by atoms with Gasteiger partial charge in [-0.25, -0.2) is 4.39 Å². The average molecular weight is 201 g/mol. The van der Waals surface area contributed by atoms with E-state index in [4.69, 9.17) is 15.6 Å². The van der Waals surface area contributed by atoms with Crippen molar-refractivity contribution in [2.45, 2.75) is 6.04 Å². The summed E-state index contributed by atoms with van der Waals surface area (Å²) in [6.07, 6.45) is 0. The highest BCUT2D eigenvalue weighted by atomic mass is 19.1. The monoisotopic (exact) mass is 201 g/mol. The smallest absolute Gasteiger partial charge is 0.173 e. The second kappa shape index (κ2) is 4.26. The normalized spacial score (nSPS) is 12.6. The summed E-state index contributed by atoms with van der Waals surface area (Å²) >= 11 is 0. The maximum Gasteiger partial charge on any atom is 0.173 e. The molecule has 0 heterocycles. The molecule has 0 aliphatic heterocycles. The SMILES string of the molecule is COc1ccc(O)c(C(N)CO)c1F. The molecular formula is C9H12FNO3. The van der Waals surface area contributed by atoms with E-state index in [1.54, 1.807) is 0 Å². The van der Waals surface area contributed by atoms with Gasteiger partial charge in [-0.15, -0.1) is 0 Å². The predicted octanol–water partition coefficient (Wildman–Crippen LogP) is 0.532. The topological polar surface area (TPSA) is 75.7 Å². The molecular weight excluding hydrogens is 189 g/mol. The molecule has 0 aliphatic rings. The molecule has 4 nitrogen and oxygen atoms in total. The second-order valence-corrected chi connectivity index (χ2v) is 2.80. The molecule has 5 heteroatoms. The number of hydrogen-bond acceptors (Lipinski definition) is 4. The Labute approximate surface area is 80.7 Å². The summed E-state index contributed by atoms with van der Waals surface area (Å²) in [4.78, 5) is 0. The lowest BCUT2D eigenvalue weighted by atomic mass is 10.1. The maximum atomic E-state index is 13.5. The van der Waals surface area contributed by atoms with Crippen LogP contribution in [0, 0.1) is 5.82 Å². The third-order valence-corrected chi connectivity index (χ3v) is 1.91. The molecule has 1 aromatic carbocycles. The Hall–Kier alpha value is -1.33. The van der Waals surface area contributed by atoms with Crippen LogP contribution in [0.2, 0.25) is 0 Å². The van der Waals surface area contributed by atoms with E-state index in [2.05, 4.69) is 0 Å². The first-order valence-corrected chi connectivity index (χ1v) is 4.03. The van der Waals surface area contributed by atoms with Gasteiger partial charge in [-0.05, 0) is 12.1 Å².